The highest BCUT2D eigenvalue weighted by atomic mass is 32.2. The maximum atomic E-state index is 12.6. The second kappa shape index (κ2) is 8.54. The van der Waals surface area contributed by atoms with E-state index in [1.165, 1.54) is 11.1 Å². The minimum absolute atomic E-state index is 0.0684. The van der Waals surface area contributed by atoms with Crippen LogP contribution in [0.4, 0.5) is 0 Å². The summed E-state index contributed by atoms with van der Waals surface area (Å²) in [5.41, 5.74) is 3.62. The van der Waals surface area contributed by atoms with E-state index in [9.17, 15) is 4.79 Å². The van der Waals surface area contributed by atoms with Crippen LogP contribution in [0.25, 0.3) is 0 Å². The largest absolute Gasteiger partial charge is 0.367 e. The van der Waals surface area contributed by atoms with Crippen LogP contribution in [0.5, 0.6) is 0 Å². The second-order valence-electron chi connectivity index (χ2n) is 6.61. The third-order valence-corrected chi connectivity index (χ3v) is 5.70. The standard InChI is InChI=1S/C21H25NO2S/c1-16(2)18-8-10-19(11-9-18)21-22(12-13-25-21)20(23)15-24-14-17-6-4-3-5-7-17/h3-11,16,21H,12-15H2,1-2H3. The molecule has 0 saturated carbocycles. The van der Waals surface area contributed by atoms with Crippen molar-refractivity contribution in [3.05, 3.63) is 71.3 Å². The van der Waals surface area contributed by atoms with E-state index in [1.807, 2.05) is 47.0 Å². The molecule has 1 amide bonds. The number of thioether (sulfide) groups is 1. The summed E-state index contributed by atoms with van der Waals surface area (Å²) in [6.45, 7) is 5.78. The Morgan fingerprint density at radius 2 is 1.88 bits per heavy atom. The zero-order valence-electron chi connectivity index (χ0n) is 14.9. The summed E-state index contributed by atoms with van der Waals surface area (Å²) in [5, 5.41) is 0.106. The average Bonchev–Trinajstić information content (AvgIpc) is 3.12. The molecule has 0 aliphatic carbocycles. The zero-order chi connectivity index (χ0) is 17.6. The molecule has 2 aromatic rings. The van der Waals surface area contributed by atoms with Gasteiger partial charge in [-0.1, -0.05) is 68.4 Å². The summed E-state index contributed by atoms with van der Waals surface area (Å²) >= 11 is 1.83. The first-order chi connectivity index (χ1) is 12.1. The molecular formula is C21H25NO2S. The van der Waals surface area contributed by atoms with Crippen LogP contribution < -0.4 is 0 Å². The Morgan fingerprint density at radius 3 is 2.56 bits per heavy atom. The van der Waals surface area contributed by atoms with Crippen molar-refractivity contribution < 1.29 is 9.53 Å². The van der Waals surface area contributed by atoms with Gasteiger partial charge in [0.2, 0.25) is 5.91 Å². The van der Waals surface area contributed by atoms with Crippen LogP contribution in [0.15, 0.2) is 54.6 Å². The van der Waals surface area contributed by atoms with Crippen LogP contribution >= 0.6 is 11.8 Å². The molecule has 132 valence electrons. The first-order valence-corrected chi connectivity index (χ1v) is 9.82. The van der Waals surface area contributed by atoms with Crippen LogP contribution in [0.3, 0.4) is 0 Å². The number of amides is 1. The quantitative estimate of drug-likeness (QED) is 0.758. The van der Waals surface area contributed by atoms with Crippen molar-refractivity contribution in [3.63, 3.8) is 0 Å². The van der Waals surface area contributed by atoms with Gasteiger partial charge in [0.25, 0.3) is 0 Å². The highest BCUT2D eigenvalue weighted by molar-refractivity contribution is 7.99. The molecule has 1 aliphatic rings. The summed E-state index contributed by atoms with van der Waals surface area (Å²) in [7, 11) is 0. The fourth-order valence-electron chi connectivity index (χ4n) is 2.96. The molecule has 1 atom stereocenters. The van der Waals surface area contributed by atoms with E-state index >= 15 is 0 Å². The van der Waals surface area contributed by atoms with Crippen molar-refractivity contribution in [2.75, 3.05) is 18.9 Å². The summed E-state index contributed by atoms with van der Waals surface area (Å²) in [6, 6.07) is 18.6. The molecule has 1 saturated heterocycles. The highest BCUT2D eigenvalue weighted by Crippen LogP contribution is 2.38. The molecule has 1 aliphatic heterocycles. The number of ether oxygens (including phenoxy) is 1. The lowest BCUT2D eigenvalue weighted by Crippen LogP contribution is -2.33. The van der Waals surface area contributed by atoms with Gasteiger partial charge in [-0.05, 0) is 22.6 Å². The number of carbonyl (C=O) groups excluding carboxylic acids is 1. The minimum atomic E-state index is 0.0684. The van der Waals surface area contributed by atoms with E-state index in [0.29, 0.717) is 12.5 Å². The summed E-state index contributed by atoms with van der Waals surface area (Å²) in [5.74, 6) is 1.56. The Bertz CT molecular complexity index is 685. The second-order valence-corrected chi connectivity index (χ2v) is 7.80. The fourth-order valence-corrected chi connectivity index (χ4v) is 4.24. The molecule has 0 N–H and O–H groups in total. The van der Waals surface area contributed by atoms with Gasteiger partial charge >= 0.3 is 0 Å². The SMILES string of the molecule is CC(C)c1ccc(C2SCCN2C(=O)COCc2ccccc2)cc1. The summed E-state index contributed by atoms with van der Waals surface area (Å²) in [6.07, 6.45) is 0. The maximum Gasteiger partial charge on any atom is 0.249 e. The topological polar surface area (TPSA) is 29.5 Å². The van der Waals surface area contributed by atoms with Gasteiger partial charge in [0, 0.05) is 12.3 Å². The normalized spacial score (nSPS) is 17.2. The van der Waals surface area contributed by atoms with Gasteiger partial charge in [0.15, 0.2) is 0 Å². The molecule has 3 nitrogen and oxygen atoms in total. The number of benzene rings is 2. The third kappa shape index (κ3) is 4.65. The van der Waals surface area contributed by atoms with Crippen molar-refractivity contribution >= 4 is 17.7 Å². The van der Waals surface area contributed by atoms with E-state index in [4.69, 9.17) is 4.74 Å². The lowest BCUT2D eigenvalue weighted by Gasteiger charge is -2.24. The predicted octanol–water partition coefficient (Wildman–Crippen LogP) is 4.60. The van der Waals surface area contributed by atoms with Gasteiger partial charge in [-0.3, -0.25) is 4.79 Å². The van der Waals surface area contributed by atoms with Gasteiger partial charge in [0.1, 0.15) is 12.0 Å². The number of hydrogen-bond donors (Lipinski definition) is 0. The van der Waals surface area contributed by atoms with Crippen molar-refractivity contribution in [1.82, 2.24) is 4.90 Å². The Kier molecular flexibility index (Phi) is 6.16. The van der Waals surface area contributed by atoms with Crippen molar-refractivity contribution in [3.8, 4) is 0 Å². The third-order valence-electron chi connectivity index (χ3n) is 4.44. The lowest BCUT2D eigenvalue weighted by molar-refractivity contribution is -0.136. The van der Waals surface area contributed by atoms with Gasteiger partial charge in [-0.15, -0.1) is 11.8 Å². The van der Waals surface area contributed by atoms with Crippen LogP contribution in [-0.4, -0.2) is 29.7 Å². The van der Waals surface area contributed by atoms with Crippen LogP contribution in [0.1, 0.15) is 41.8 Å². The van der Waals surface area contributed by atoms with Crippen molar-refractivity contribution in [2.45, 2.75) is 31.7 Å². The molecule has 4 heteroatoms. The van der Waals surface area contributed by atoms with Gasteiger partial charge in [0.05, 0.1) is 6.61 Å². The van der Waals surface area contributed by atoms with E-state index in [-0.39, 0.29) is 17.9 Å². The molecule has 1 fully saturated rings. The smallest absolute Gasteiger partial charge is 0.249 e. The molecule has 25 heavy (non-hydrogen) atoms. The monoisotopic (exact) mass is 355 g/mol. The molecule has 0 spiro atoms. The van der Waals surface area contributed by atoms with E-state index in [2.05, 4.69) is 38.1 Å². The Labute approximate surface area is 154 Å². The molecular weight excluding hydrogens is 330 g/mol. The van der Waals surface area contributed by atoms with Crippen LogP contribution in [0.2, 0.25) is 0 Å². The van der Waals surface area contributed by atoms with Crippen LogP contribution in [0, 0.1) is 0 Å². The number of nitrogens with zero attached hydrogens (tertiary/aromatic N) is 1. The summed E-state index contributed by atoms with van der Waals surface area (Å²) in [4.78, 5) is 14.5. The van der Waals surface area contributed by atoms with Crippen molar-refractivity contribution in [2.24, 2.45) is 0 Å². The van der Waals surface area contributed by atoms with Crippen molar-refractivity contribution in [1.29, 1.82) is 0 Å². The molecule has 0 aromatic heterocycles. The van der Waals surface area contributed by atoms with Gasteiger partial charge in [-0.25, -0.2) is 0 Å². The highest BCUT2D eigenvalue weighted by Gasteiger charge is 2.30. The Hall–Kier alpha value is -1.78. The molecule has 0 bridgehead atoms. The molecule has 2 aromatic carbocycles. The van der Waals surface area contributed by atoms with Gasteiger partial charge in [-0.2, -0.15) is 0 Å². The maximum absolute atomic E-state index is 12.6. The average molecular weight is 356 g/mol. The first-order valence-electron chi connectivity index (χ1n) is 8.78. The fraction of sp³-hybridized carbons (Fsp3) is 0.381. The van der Waals surface area contributed by atoms with E-state index < -0.39 is 0 Å². The molecule has 0 radical (unpaired) electrons. The minimum Gasteiger partial charge on any atom is -0.367 e. The number of hydrogen-bond acceptors (Lipinski definition) is 3. The molecule has 1 heterocycles. The number of rotatable bonds is 6. The Balaban J connectivity index is 1.57. The first kappa shape index (κ1) is 18.0. The van der Waals surface area contributed by atoms with Gasteiger partial charge < -0.3 is 9.64 Å². The molecule has 1 unspecified atom stereocenters. The van der Waals surface area contributed by atoms with Crippen LogP contribution in [-0.2, 0) is 16.1 Å². The predicted molar refractivity (Wildman–Crippen MR) is 104 cm³/mol. The lowest BCUT2D eigenvalue weighted by atomic mass is 10.0. The Morgan fingerprint density at radius 1 is 1.16 bits per heavy atom. The van der Waals surface area contributed by atoms with E-state index in [1.54, 1.807) is 0 Å². The number of carbonyl (C=O) groups is 1. The zero-order valence-corrected chi connectivity index (χ0v) is 15.7. The summed E-state index contributed by atoms with van der Waals surface area (Å²) < 4.78 is 5.63. The molecule has 3 rings (SSSR count). The van der Waals surface area contributed by atoms with E-state index in [0.717, 1.165) is 17.9 Å².